The number of hydrogen-bond donors (Lipinski definition) is 0. The highest BCUT2D eigenvalue weighted by Crippen LogP contribution is 2.10. The van der Waals surface area contributed by atoms with E-state index in [-0.39, 0.29) is 0 Å². The highest BCUT2D eigenvalue weighted by Gasteiger charge is 1.96. The lowest BCUT2D eigenvalue weighted by atomic mass is 10.1. The van der Waals surface area contributed by atoms with Gasteiger partial charge in [-0.3, -0.25) is 0 Å². The first kappa shape index (κ1) is 9.07. The molecule has 0 saturated carbocycles. The quantitative estimate of drug-likeness (QED) is 0.510. The second-order valence-electron chi connectivity index (χ2n) is 2.37. The highest BCUT2D eigenvalue weighted by molar-refractivity contribution is 6.30. The van der Waals surface area contributed by atoms with E-state index in [0.717, 1.165) is 16.3 Å². The van der Waals surface area contributed by atoms with Crippen LogP contribution in [0.2, 0.25) is 5.02 Å². The molecule has 1 aromatic carbocycles. The second-order valence-corrected chi connectivity index (χ2v) is 2.80. The fraction of sp³-hybridized carbons (Fsp3) is 0.222. The molecule has 0 atom stereocenters. The minimum absolute atomic E-state index is 0.726. The molecule has 0 spiro atoms. The normalized spacial score (nSPS) is 11.4. The first-order valence-corrected chi connectivity index (χ1v) is 3.95. The summed E-state index contributed by atoms with van der Waals surface area (Å²) in [4.78, 5) is 4.64. The maximum atomic E-state index is 5.72. The summed E-state index contributed by atoms with van der Waals surface area (Å²) in [5.41, 5.74) is 1.86. The van der Waals surface area contributed by atoms with Crippen LogP contribution in [0.15, 0.2) is 29.4 Å². The van der Waals surface area contributed by atoms with Gasteiger partial charge in [0.25, 0.3) is 0 Å². The Morgan fingerprint density at radius 3 is 2.42 bits per heavy atom. The third kappa shape index (κ3) is 2.24. The van der Waals surface area contributed by atoms with Crippen molar-refractivity contribution in [1.29, 1.82) is 0 Å². The summed E-state index contributed by atoms with van der Waals surface area (Å²) in [5.74, 6) is 0. The smallest absolute Gasteiger partial charge is 0.106 e. The summed E-state index contributed by atoms with van der Waals surface area (Å²) < 4.78 is 0. The molecule has 2 nitrogen and oxygen atoms in total. The van der Waals surface area contributed by atoms with Crippen LogP contribution in [-0.2, 0) is 4.84 Å². The van der Waals surface area contributed by atoms with Gasteiger partial charge in [-0.2, -0.15) is 0 Å². The van der Waals surface area contributed by atoms with Crippen LogP contribution in [0.25, 0.3) is 0 Å². The van der Waals surface area contributed by atoms with E-state index in [0.29, 0.717) is 0 Å². The number of nitrogens with zero attached hydrogens (tertiary/aromatic N) is 1. The van der Waals surface area contributed by atoms with E-state index in [1.807, 2.05) is 31.2 Å². The molecule has 0 aromatic heterocycles. The molecule has 0 amide bonds. The summed E-state index contributed by atoms with van der Waals surface area (Å²) in [6.45, 7) is 1.88. The van der Waals surface area contributed by atoms with Gasteiger partial charge in [0.05, 0.1) is 5.71 Å². The maximum absolute atomic E-state index is 5.72. The molecule has 0 unspecified atom stereocenters. The number of hydrogen-bond acceptors (Lipinski definition) is 2. The Morgan fingerprint density at radius 2 is 1.92 bits per heavy atom. The molecule has 0 aliphatic heterocycles. The first-order valence-electron chi connectivity index (χ1n) is 3.57. The van der Waals surface area contributed by atoms with Crippen LogP contribution in [0.4, 0.5) is 0 Å². The van der Waals surface area contributed by atoms with Crippen molar-refractivity contribution in [2.45, 2.75) is 6.92 Å². The predicted octanol–water partition coefficient (Wildman–Crippen LogP) is 2.71. The van der Waals surface area contributed by atoms with E-state index < -0.39 is 0 Å². The van der Waals surface area contributed by atoms with Gasteiger partial charge in [0.1, 0.15) is 7.11 Å². The summed E-state index contributed by atoms with van der Waals surface area (Å²) >= 11 is 5.72. The van der Waals surface area contributed by atoms with Gasteiger partial charge < -0.3 is 4.84 Å². The molecule has 0 fully saturated rings. The third-order valence-corrected chi connectivity index (χ3v) is 1.74. The Bertz CT molecular complexity index is 279. The second kappa shape index (κ2) is 4.12. The molecule has 0 aliphatic carbocycles. The zero-order valence-corrected chi connectivity index (χ0v) is 7.80. The highest BCUT2D eigenvalue weighted by atomic mass is 35.5. The lowest BCUT2D eigenvalue weighted by Gasteiger charge is -1.98. The van der Waals surface area contributed by atoms with E-state index >= 15 is 0 Å². The van der Waals surface area contributed by atoms with Crippen LogP contribution in [0.3, 0.4) is 0 Å². The number of halogens is 1. The minimum atomic E-state index is 0.726. The lowest BCUT2D eigenvalue weighted by molar-refractivity contribution is 0.213. The minimum Gasteiger partial charge on any atom is -0.399 e. The zero-order valence-electron chi connectivity index (χ0n) is 7.04. The number of oxime groups is 1. The van der Waals surface area contributed by atoms with Gasteiger partial charge in [0.2, 0.25) is 0 Å². The van der Waals surface area contributed by atoms with E-state index in [2.05, 4.69) is 9.99 Å². The van der Waals surface area contributed by atoms with E-state index in [1.165, 1.54) is 7.11 Å². The molecule has 0 heterocycles. The summed E-state index contributed by atoms with van der Waals surface area (Å²) in [6.07, 6.45) is 0. The van der Waals surface area contributed by atoms with Gasteiger partial charge in [-0.15, -0.1) is 0 Å². The molecule has 0 aliphatic rings. The Hall–Kier alpha value is -1.02. The molecule has 64 valence electrons. The number of rotatable bonds is 2. The van der Waals surface area contributed by atoms with Crippen molar-refractivity contribution in [2.24, 2.45) is 5.16 Å². The monoisotopic (exact) mass is 183 g/mol. The van der Waals surface area contributed by atoms with Crippen LogP contribution in [0.1, 0.15) is 12.5 Å². The van der Waals surface area contributed by atoms with Gasteiger partial charge in [-0.1, -0.05) is 28.9 Å². The third-order valence-electron chi connectivity index (χ3n) is 1.49. The first-order chi connectivity index (χ1) is 5.74. The molecule has 0 saturated heterocycles. The SMILES string of the molecule is CO/N=C(\C)c1ccc(Cl)cc1. The Morgan fingerprint density at radius 1 is 1.33 bits per heavy atom. The zero-order chi connectivity index (χ0) is 8.97. The molecule has 1 rings (SSSR count). The Labute approximate surface area is 76.8 Å². The van der Waals surface area contributed by atoms with Crippen molar-refractivity contribution < 1.29 is 4.84 Å². The summed E-state index contributed by atoms with van der Waals surface area (Å²) in [5, 5.41) is 4.52. The molecule has 12 heavy (non-hydrogen) atoms. The van der Waals surface area contributed by atoms with Crippen LogP contribution < -0.4 is 0 Å². The lowest BCUT2D eigenvalue weighted by Crippen LogP contribution is -1.94. The van der Waals surface area contributed by atoms with Crippen LogP contribution in [0, 0.1) is 0 Å². The van der Waals surface area contributed by atoms with Gasteiger partial charge >= 0.3 is 0 Å². The standard InChI is InChI=1S/C9H10ClNO/c1-7(11-12-2)8-3-5-9(10)6-4-8/h3-6H,1-2H3/b11-7+. The van der Waals surface area contributed by atoms with Gasteiger partial charge in [-0.25, -0.2) is 0 Å². The Balaban J connectivity index is 2.89. The fourth-order valence-electron chi connectivity index (χ4n) is 0.881. The predicted molar refractivity (Wildman–Crippen MR) is 50.7 cm³/mol. The van der Waals surface area contributed by atoms with Gasteiger partial charge in [0.15, 0.2) is 0 Å². The maximum Gasteiger partial charge on any atom is 0.106 e. The summed E-state index contributed by atoms with van der Waals surface area (Å²) in [6, 6.07) is 7.46. The van der Waals surface area contributed by atoms with Crippen molar-refractivity contribution in [1.82, 2.24) is 0 Å². The largest absolute Gasteiger partial charge is 0.399 e. The van der Waals surface area contributed by atoms with E-state index in [1.54, 1.807) is 0 Å². The average Bonchev–Trinajstić information content (AvgIpc) is 2.06. The fourth-order valence-corrected chi connectivity index (χ4v) is 1.01. The molecule has 3 heteroatoms. The molecular formula is C9H10ClNO. The van der Waals surface area contributed by atoms with Crippen molar-refractivity contribution in [3.63, 3.8) is 0 Å². The van der Waals surface area contributed by atoms with Crippen molar-refractivity contribution in [3.05, 3.63) is 34.9 Å². The van der Waals surface area contributed by atoms with Gasteiger partial charge in [-0.05, 0) is 24.6 Å². The van der Waals surface area contributed by atoms with E-state index in [4.69, 9.17) is 11.6 Å². The van der Waals surface area contributed by atoms with Crippen LogP contribution in [-0.4, -0.2) is 12.8 Å². The van der Waals surface area contributed by atoms with E-state index in [9.17, 15) is 0 Å². The van der Waals surface area contributed by atoms with Gasteiger partial charge in [0, 0.05) is 5.02 Å². The van der Waals surface area contributed by atoms with Crippen molar-refractivity contribution in [3.8, 4) is 0 Å². The summed E-state index contributed by atoms with van der Waals surface area (Å²) in [7, 11) is 1.53. The molecule has 0 radical (unpaired) electrons. The molecular weight excluding hydrogens is 174 g/mol. The van der Waals surface area contributed by atoms with Crippen LogP contribution in [0.5, 0.6) is 0 Å². The van der Waals surface area contributed by atoms with Crippen molar-refractivity contribution in [2.75, 3.05) is 7.11 Å². The molecule has 1 aromatic rings. The topological polar surface area (TPSA) is 21.6 Å². The van der Waals surface area contributed by atoms with Crippen LogP contribution >= 0.6 is 11.6 Å². The Kier molecular flexibility index (Phi) is 3.11. The molecule has 0 N–H and O–H groups in total. The average molecular weight is 184 g/mol. The van der Waals surface area contributed by atoms with Crippen molar-refractivity contribution >= 4 is 17.3 Å². The molecule has 0 bridgehead atoms. The number of benzene rings is 1.